The summed E-state index contributed by atoms with van der Waals surface area (Å²) in [5, 5.41) is 0. The van der Waals surface area contributed by atoms with E-state index < -0.39 is 0 Å². The lowest BCUT2D eigenvalue weighted by atomic mass is 10.1. The minimum absolute atomic E-state index is 0.0894. The molecule has 1 aliphatic carbocycles. The van der Waals surface area contributed by atoms with Crippen LogP contribution in [-0.2, 0) is 0 Å². The predicted octanol–water partition coefficient (Wildman–Crippen LogP) is 3.70. The maximum atomic E-state index is 5.89. The Balaban J connectivity index is 2.20. The molecule has 0 heterocycles. The molecule has 1 aliphatic rings. The Labute approximate surface area is 112 Å². The van der Waals surface area contributed by atoms with E-state index in [1.165, 1.54) is 24.1 Å². The van der Waals surface area contributed by atoms with Gasteiger partial charge in [0.15, 0.2) is 0 Å². The van der Waals surface area contributed by atoms with Gasteiger partial charge >= 0.3 is 0 Å². The quantitative estimate of drug-likeness (QED) is 0.918. The highest BCUT2D eigenvalue weighted by Crippen LogP contribution is 2.38. The van der Waals surface area contributed by atoms with Gasteiger partial charge in [0.1, 0.15) is 0 Å². The summed E-state index contributed by atoms with van der Waals surface area (Å²) in [4.78, 5) is 2.37. The van der Waals surface area contributed by atoms with E-state index in [-0.39, 0.29) is 6.04 Å². The average molecular weight is 297 g/mol. The minimum Gasteiger partial charge on any atom is -0.371 e. The first-order valence-electron chi connectivity index (χ1n) is 6.28. The monoisotopic (exact) mass is 296 g/mol. The molecule has 2 rings (SSSR count). The van der Waals surface area contributed by atoms with Gasteiger partial charge in [-0.05, 0) is 66.2 Å². The van der Waals surface area contributed by atoms with E-state index >= 15 is 0 Å². The summed E-state index contributed by atoms with van der Waals surface area (Å²) in [5.74, 6) is 0.875. The highest BCUT2D eigenvalue weighted by molar-refractivity contribution is 9.10. The van der Waals surface area contributed by atoms with Gasteiger partial charge in [-0.25, -0.2) is 0 Å². The van der Waals surface area contributed by atoms with Gasteiger partial charge in [-0.2, -0.15) is 0 Å². The van der Waals surface area contributed by atoms with Crippen LogP contribution in [0.4, 0.5) is 5.69 Å². The number of nitrogens with zero attached hydrogens (tertiary/aromatic N) is 1. The van der Waals surface area contributed by atoms with Crippen molar-refractivity contribution in [3.63, 3.8) is 0 Å². The maximum Gasteiger partial charge on any atom is 0.0510 e. The molecule has 0 saturated heterocycles. The van der Waals surface area contributed by atoms with Crippen molar-refractivity contribution in [2.45, 2.75) is 38.8 Å². The minimum atomic E-state index is 0.0894. The van der Waals surface area contributed by atoms with Crippen LogP contribution in [0.1, 0.15) is 38.3 Å². The summed E-state index contributed by atoms with van der Waals surface area (Å²) in [6.07, 6.45) is 2.75. The molecule has 0 aliphatic heterocycles. The van der Waals surface area contributed by atoms with Crippen molar-refractivity contribution in [2.75, 3.05) is 11.9 Å². The first kappa shape index (κ1) is 12.9. The van der Waals surface area contributed by atoms with E-state index in [1.54, 1.807) is 0 Å². The van der Waals surface area contributed by atoms with E-state index in [4.69, 9.17) is 5.73 Å². The molecule has 0 amide bonds. The van der Waals surface area contributed by atoms with Crippen LogP contribution in [0.5, 0.6) is 0 Å². The second-order valence-electron chi connectivity index (χ2n) is 5.19. The van der Waals surface area contributed by atoms with Gasteiger partial charge in [-0.1, -0.05) is 6.07 Å². The van der Waals surface area contributed by atoms with Gasteiger partial charge < -0.3 is 10.6 Å². The highest BCUT2D eigenvalue weighted by atomic mass is 79.9. The van der Waals surface area contributed by atoms with Gasteiger partial charge in [0, 0.05) is 23.6 Å². The van der Waals surface area contributed by atoms with Crippen LogP contribution in [0.2, 0.25) is 0 Å². The molecular weight excluding hydrogens is 276 g/mol. The third-order valence-electron chi connectivity index (χ3n) is 3.79. The molecule has 17 heavy (non-hydrogen) atoms. The molecule has 0 bridgehead atoms. The molecular formula is C14H21BrN2. The lowest BCUT2D eigenvalue weighted by Crippen LogP contribution is -2.30. The van der Waals surface area contributed by atoms with Gasteiger partial charge in [-0.3, -0.25) is 0 Å². The molecule has 0 aromatic heterocycles. The van der Waals surface area contributed by atoms with Crippen molar-refractivity contribution in [1.82, 2.24) is 0 Å². The van der Waals surface area contributed by atoms with Crippen LogP contribution >= 0.6 is 15.9 Å². The summed E-state index contributed by atoms with van der Waals surface area (Å²) in [6, 6.07) is 7.14. The first-order valence-corrected chi connectivity index (χ1v) is 7.08. The van der Waals surface area contributed by atoms with Crippen molar-refractivity contribution in [3.8, 4) is 0 Å². The molecule has 0 radical (unpaired) electrons. The summed E-state index contributed by atoms with van der Waals surface area (Å²) in [5.41, 5.74) is 8.32. The van der Waals surface area contributed by atoms with Crippen LogP contribution in [0.15, 0.2) is 22.7 Å². The number of hydrogen-bond donors (Lipinski definition) is 1. The molecule has 1 saturated carbocycles. The summed E-state index contributed by atoms with van der Waals surface area (Å²) in [6.45, 7) is 4.32. The number of nitrogens with two attached hydrogens (primary N) is 1. The zero-order valence-corrected chi connectivity index (χ0v) is 12.4. The van der Waals surface area contributed by atoms with E-state index in [9.17, 15) is 0 Å². The van der Waals surface area contributed by atoms with Crippen LogP contribution in [0, 0.1) is 5.92 Å². The van der Waals surface area contributed by atoms with Gasteiger partial charge in [0.05, 0.1) is 5.69 Å². The molecule has 94 valence electrons. The van der Waals surface area contributed by atoms with Crippen molar-refractivity contribution in [1.29, 1.82) is 0 Å². The maximum absolute atomic E-state index is 5.89. The normalized spacial score (nSPS) is 18.9. The van der Waals surface area contributed by atoms with Crippen molar-refractivity contribution >= 4 is 21.6 Å². The lowest BCUT2D eigenvalue weighted by Gasteiger charge is -2.28. The standard InChI is InChI=1S/C14H21BrN2/c1-9(16)12-6-7-14(13(15)8-12)17(3)10(2)11-4-5-11/h6-11H,4-5,16H2,1-3H3/t9-,10?/m1/s1. The fraction of sp³-hybridized carbons (Fsp3) is 0.571. The van der Waals surface area contributed by atoms with Crippen LogP contribution < -0.4 is 10.6 Å². The van der Waals surface area contributed by atoms with Crippen LogP contribution in [-0.4, -0.2) is 13.1 Å². The van der Waals surface area contributed by atoms with Gasteiger partial charge in [0.25, 0.3) is 0 Å². The average Bonchev–Trinajstić information content (AvgIpc) is 3.10. The summed E-state index contributed by atoms with van der Waals surface area (Å²) < 4.78 is 1.14. The number of halogens is 1. The van der Waals surface area contributed by atoms with Crippen molar-refractivity contribution in [2.24, 2.45) is 11.7 Å². The highest BCUT2D eigenvalue weighted by Gasteiger charge is 2.31. The number of hydrogen-bond acceptors (Lipinski definition) is 2. The van der Waals surface area contributed by atoms with E-state index in [1.807, 2.05) is 6.92 Å². The fourth-order valence-corrected chi connectivity index (χ4v) is 2.88. The molecule has 0 spiro atoms. The third-order valence-corrected chi connectivity index (χ3v) is 4.43. The SMILES string of the molecule is CC(C1CC1)N(C)c1ccc([C@@H](C)N)cc1Br. The Hall–Kier alpha value is -0.540. The number of rotatable bonds is 4. The van der Waals surface area contributed by atoms with Gasteiger partial charge in [-0.15, -0.1) is 0 Å². The second-order valence-corrected chi connectivity index (χ2v) is 6.04. The Morgan fingerprint density at radius 1 is 1.35 bits per heavy atom. The van der Waals surface area contributed by atoms with E-state index in [0.29, 0.717) is 6.04 Å². The van der Waals surface area contributed by atoms with Crippen LogP contribution in [0.25, 0.3) is 0 Å². The molecule has 2 N–H and O–H groups in total. The molecule has 2 atom stereocenters. The Kier molecular flexibility index (Phi) is 3.79. The fourth-order valence-electron chi connectivity index (χ4n) is 2.21. The Bertz CT molecular complexity index is 399. The molecule has 1 unspecified atom stereocenters. The summed E-state index contributed by atoms with van der Waals surface area (Å²) >= 11 is 3.66. The van der Waals surface area contributed by atoms with Gasteiger partial charge in [0.2, 0.25) is 0 Å². The smallest absolute Gasteiger partial charge is 0.0510 e. The zero-order chi connectivity index (χ0) is 12.6. The Morgan fingerprint density at radius 3 is 2.47 bits per heavy atom. The lowest BCUT2D eigenvalue weighted by molar-refractivity contribution is 0.608. The number of anilines is 1. The second kappa shape index (κ2) is 4.99. The molecule has 1 fully saturated rings. The first-order chi connectivity index (χ1) is 8.00. The molecule has 1 aromatic carbocycles. The zero-order valence-electron chi connectivity index (χ0n) is 10.8. The largest absolute Gasteiger partial charge is 0.371 e. The van der Waals surface area contributed by atoms with Crippen LogP contribution in [0.3, 0.4) is 0 Å². The molecule has 2 nitrogen and oxygen atoms in total. The topological polar surface area (TPSA) is 29.3 Å². The third kappa shape index (κ3) is 2.83. The Morgan fingerprint density at radius 2 is 2.00 bits per heavy atom. The van der Waals surface area contributed by atoms with E-state index in [2.05, 4.69) is 53.0 Å². The number of benzene rings is 1. The molecule has 1 aromatic rings. The van der Waals surface area contributed by atoms with Crippen molar-refractivity contribution < 1.29 is 0 Å². The molecule has 3 heteroatoms. The van der Waals surface area contributed by atoms with Crippen molar-refractivity contribution in [3.05, 3.63) is 28.2 Å². The van der Waals surface area contributed by atoms with E-state index in [0.717, 1.165) is 10.4 Å². The summed E-state index contributed by atoms with van der Waals surface area (Å²) in [7, 11) is 2.18. The predicted molar refractivity (Wildman–Crippen MR) is 77.3 cm³/mol.